The van der Waals surface area contributed by atoms with E-state index in [0.717, 1.165) is 31.4 Å². The molecule has 1 aliphatic heterocycles. The van der Waals surface area contributed by atoms with Crippen molar-refractivity contribution in [1.29, 1.82) is 0 Å². The lowest BCUT2D eigenvalue weighted by atomic mass is 10.0. The van der Waals surface area contributed by atoms with E-state index in [4.69, 9.17) is 16.0 Å². The molecule has 0 atom stereocenters. The van der Waals surface area contributed by atoms with Crippen molar-refractivity contribution < 1.29 is 9.21 Å². The van der Waals surface area contributed by atoms with Crippen molar-refractivity contribution in [3.05, 3.63) is 33.8 Å². The minimum absolute atomic E-state index is 0.0768. The average molecular weight is 338 g/mol. The highest BCUT2D eigenvalue weighted by Gasteiger charge is 2.25. The maximum absolute atomic E-state index is 12.2. The maximum Gasteiger partial charge on any atom is 0.420 e. The highest BCUT2D eigenvalue weighted by molar-refractivity contribution is 6.31. The number of rotatable bonds is 3. The Morgan fingerprint density at radius 3 is 2.70 bits per heavy atom. The van der Waals surface area contributed by atoms with Crippen LogP contribution in [0.3, 0.4) is 0 Å². The SMILES string of the molecule is CN(C)C(=O)CN1CCC(n2c(=O)oc3ccc(Cl)cc32)CC1. The summed E-state index contributed by atoms with van der Waals surface area (Å²) in [6.45, 7) is 1.99. The molecule has 2 aromatic rings. The van der Waals surface area contributed by atoms with Crippen LogP contribution in [0.1, 0.15) is 18.9 Å². The molecule has 0 saturated carbocycles. The van der Waals surface area contributed by atoms with Gasteiger partial charge in [-0.3, -0.25) is 14.3 Å². The number of fused-ring (bicyclic) bond motifs is 1. The van der Waals surface area contributed by atoms with E-state index in [0.29, 0.717) is 17.2 Å². The van der Waals surface area contributed by atoms with Gasteiger partial charge in [-0.15, -0.1) is 0 Å². The fourth-order valence-electron chi connectivity index (χ4n) is 3.02. The van der Waals surface area contributed by atoms with Gasteiger partial charge in [0.05, 0.1) is 12.1 Å². The van der Waals surface area contributed by atoms with Crippen molar-refractivity contribution in [2.45, 2.75) is 18.9 Å². The minimum Gasteiger partial charge on any atom is -0.408 e. The molecule has 1 aliphatic rings. The molecule has 0 radical (unpaired) electrons. The van der Waals surface area contributed by atoms with Crippen LogP contribution in [0.25, 0.3) is 11.1 Å². The lowest BCUT2D eigenvalue weighted by Gasteiger charge is -2.32. The zero-order valence-corrected chi connectivity index (χ0v) is 14.0. The van der Waals surface area contributed by atoms with Gasteiger partial charge in [0.15, 0.2) is 5.58 Å². The first-order valence-corrected chi connectivity index (χ1v) is 8.06. The highest BCUT2D eigenvalue weighted by Crippen LogP contribution is 2.27. The molecule has 1 fully saturated rings. The maximum atomic E-state index is 12.2. The minimum atomic E-state index is -0.343. The molecule has 2 heterocycles. The monoisotopic (exact) mass is 337 g/mol. The summed E-state index contributed by atoms with van der Waals surface area (Å²) in [4.78, 5) is 27.7. The van der Waals surface area contributed by atoms with Crippen LogP contribution >= 0.6 is 11.6 Å². The largest absolute Gasteiger partial charge is 0.420 e. The Hall–Kier alpha value is -1.79. The third kappa shape index (κ3) is 3.28. The predicted molar refractivity (Wildman–Crippen MR) is 88.9 cm³/mol. The molecule has 0 aliphatic carbocycles. The van der Waals surface area contributed by atoms with E-state index in [1.54, 1.807) is 41.8 Å². The van der Waals surface area contributed by atoms with Gasteiger partial charge in [-0.05, 0) is 31.0 Å². The van der Waals surface area contributed by atoms with Crippen LogP contribution < -0.4 is 5.76 Å². The van der Waals surface area contributed by atoms with Gasteiger partial charge in [0.25, 0.3) is 0 Å². The normalized spacial score (nSPS) is 16.8. The zero-order valence-electron chi connectivity index (χ0n) is 13.3. The quantitative estimate of drug-likeness (QED) is 0.859. The molecule has 6 nitrogen and oxygen atoms in total. The first-order chi connectivity index (χ1) is 11.0. The van der Waals surface area contributed by atoms with Crippen LogP contribution in [0.15, 0.2) is 27.4 Å². The summed E-state index contributed by atoms with van der Waals surface area (Å²) in [7, 11) is 3.52. The Balaban J connectivity index is 1.75. The van der Waals surface area contributed by atoms with Gasteiger partial charge in [-0.25, -0.2) is 4.79 Å². The van der Waals surface area contributed by atoms with Crippen molar-refractivity contribution in [1.82, 2.24) is 14.4 Å². The third-order valence-electron chi connectivity index (χ3n) is 4.35. The summed E-state index contributed by atoms with van der Waals surface area (Å²) < 4.78 is 7.01. The number of nitrogens with zero attached hydrogens (tertiary/aromatic N) is 3. The number of hydrogen-bond donors (Lipinski definition) is 0. The number of hydrogen-bond acceptors (Lipinski definition) is 4. The van der Waals surface area contributed by atoms with Gasteiger partial charge < -0.3 is 9.32 Å². The number of likely N-dealkylation sites (tertiary alicyclic amines) is 1. The van der Waals surface area contributed by atoms with E-state index in [9.17, 15) is 9.59 Å². The second kappa shape index (κ2) is 6.37. The van der Waals surface area contributed by atoms with E-state index >= 15 is 0 Å². The van der Waals surface area contributed by atoms with Gasteiger partial charge in [-0.2, -0.15) is 0 Å². The molecular weight excluding hydrogens is 318 g/mol. The van der Waals surface area contributed by atoms with Gasteiger partial charge in [-0.1, -0.05) is 11.6 Å². The van der Waals surface area contributed by atoms with E-state index in [2.05, 4.69) is 4.90 Å². The van der Waals surface area contributed by atoms with Gasteiger partial charge in [0.2, 0.25) is 5.91 Å². The van der Waals surface area contributed by atoms with Crippen LogP contribution in [-0.4, -0.2) is 54.0 Å². The number of amides is 1. The molecule has 1 saturated heterocycles. The summed E-state index contributed by atoms with van der Waals surface area (Å²) in [5.74, 6) is -0.244. The van der Waals surface area contributed by atoms with Gasteiger partial charge >= 0.3 is 5.76 Å². The molecular formula is C16H20ClN3O3. The number of likely N-dealkylation sites (N-methyl/N-ethyl adjacent to an activating group) is 1. The summed E-state index contributed by atoms with van der Waals surface area (Å²) in [5.41, 5.74) is 1.30. The Labute approximate surface area is 139 Å². The van der Waals surface area contributed by atoms with E-state index in [1.165, 1.54) is 0 Å². The summed E-state index contributed by atoms with van der Waals surface area (Å²) in [5, 5.41) is 0.584. The lowest BCUT2D eigenvalue weighted by molar-refractivity contribution is -0.130. The number of benzene rings is 1. The number of carbonyl (C=O) groups excluding carboxylic acids is 1. The van der Waals surface area contributed by atoms with Crippen molar-refractivity contribution in [3.63, 3.8) is 0 Å². The number of piperidine rings is 1. The van der Waals surface area contributed by atoms with Gasteiger partial charge in [0.1, 0.15) is 0 Å². The number of halogens is 1. The lowest BCUT2D eigenvalue weighted by Crippen LogP contribution is -2.42. The average Bonchev–Trinajstić information content (AvgIpc) is 2.83. The second-order valence-corrected chi connectivity index (χ2v) is 6.58. The first-order valence-electron chi connectivity index (χ1n) is 7.69. The smallest absolute Gasteiger partial charge is 0.408 e. The highest BCUT2D eigenvalue weighted by atomic mass is 35.5. The van der Waals surface area contributed by atoms with Crippen molar-refractivity contribution in [3.8, 4) is 0 Å². The molecule has 0 spiro atoms. The molecule has 1 aromatic heterocycles. The van der Waals surface area contributed by atoms with Gasteiger partial charge in [0, 0.05) is 38.2 Å². The van der Waals surface area contributed by atoms with E-state index in [-0.39, 0.29) is 17.7 Å². The molecule has 124 valence electrons. The molecule has 3 rings (SSSR count). The van der Waals surface area contributed by atoms with E-state index < -0.39 is 0 Å². The first kappa shape index (κ1) is 16.1. The Morgan fingerprint density at radius 2 is 2.04 bits per heavy atom. The molecule has 23 heavy (non-hydrogen) atoms. The fourth-order valence-corrected chi connectivity index (χ4v) is 3.19. The van der Waals surface area contributed by atoms with Crippen LogP contribution in [0, 0.1) is 0 Å². The van der Waals surface area contributed by atoms with E-state index in [1.807, 2.05) is 0 Å². The summed E-state index contributed by atoms with van der Waals surface area (Å²) >= 11 is 6.04. The van der Waals surface area contributed by atoms with Crippen LogP contribution in [0.2, 0.25) is 5.02 Å². The topological polar surface area (TPSA) is 58.7 Å². The molecule has 0 N–H and O–H groups in total. The summed E-state index contributed by atoms with van der Waals surface area (Å²) in [6, 6.07) is 5.28. The zero-order chi connectivity index (χ0) is 16.6. The van der Waals surface area contributed by atoms with Crippen LogP contribution in [0.4, 0.5) is 0 Å². The predicted octanol–water partition coefficient (Wildman–Crippen LogP) is 1.97. The Kier molecular flexibility index (Phi) is 4.46. The molecule has 1 aromatic carbocycles. The fraction of sp³-hybridized carbons (Fsp3) is 0.500. The number of oxazole rings is 1. The summed E-state index contributed by atoms with van der Waals surface area (Å²) in [6.07, 6.45) is 1.61. The molecule has 0 bridgehead atoms. The third-order valence-corrected chi connectivity index (χ3v) is 4.59. The number of aromatic nitrogens is 1. The Bertz CT molecular complexity index is 772. The van der Waals surface area contributed by atoms with Crippen molar-refractivity contribution in [2.24, 2.45) is 0 Å². The number of carbonyl (C=O) groups is 1. The molecule has 0 unspecified atom stereocenters. The van der Waals surface area contributed by atoms with Crippen molar-refractivity contribution in [2.75, 3.05) is 33.7 Å². The standard InChI is InChI=1S/C16H20ClN3O3/c1-18(2)15(21)10-19-7-5-12(6-8-19)20-13-9-11(17)3-4-14(13)23-16(20)22/h3-4,9,12H,5-8,10H2,1-2H3. The van der Waals surface area contributed by atoms with Crippen LogP contribution in [0.5, 0.6) is 0 Å². The molecule has 1 amide bonds. The molecule has 7 heteroatoms. The second-order valence-electron chi connectivity index (χ2n) is 6.15. The van der Waals surface area contributed by atoms with Crippen LogP contribution in [-0.2, 0) is 4.79 Å². The van der Waals surface area contributed by atoms with Crippen molar-refractivity contribution >= 4 is 28.6 Å². The Morgan fingerprint density at radius 1 is 1.35 bits per heavy atom.